The highest BCUT2D eigenvalue weighted by molar-refractivity contribution is 5.21. The first-order chi connectivity index (χ1) is 9.56. The molecule has 0 aromatic heterocycles. The summed E-state index contributed by atoms with van der Waals surface area (Å²) in [5.74, 6) is -1.12. The van der Waals surface area contributed by atoms with Crippen LogP contribution in [0.2, 0.25) is 0 Å². The second kappa shape index (κ2) is 6.61. The van der Waals surface area contributed by atoms with Crippen molar-refractivity contribution in [3.8, 4) is 0 Å². The quantitative estimate of drug-likeness (QED) is 0.770. The van der Waals surface area contributed by atoms with E-state index < -0.39 is 17.7 Å². The highest BCUT2D eigenvalue weighted by Crippen LogP contribution is 2.48. The molecule has 20 heavy (non-hydrogen) atoms. The molecule has 0 spiro atoms. The lowest BCUT2D eigenvalue weighted by atomic mass is 10.0. The molecule has 0 heterocycles. The minimum absolute atomic E-state index is 0.000705. The van der Waals surface area contributed by atoms with Gasteiger partial charge in [0.1, 0.15) is 11.6 Å². The lowest BCUT2D eigenvalue weighted by Crippen LogP contribution is -2.29. The molecule has 5 heteroatoms. The van der Waals surface area contributed by atoms with Crippen LogP contribution in [0, 0.1) is 17.0 Å². The molecule has 3 nitrogen and oxygen atoms in total. The van der Waals surface area contributed by atoms with E-state index in [9.17, 15) is 13.9 Å². The standard InChI is InChI=1S/C15H21F2NO2/c1-20-7-6-15(4-5-15)10-18-9-14(19)12-8-11(16)2-3-13(12)17/h2-3,8,14,18-19H,4-7,9-10H2,1H3. The third-order valence-electron chi connectivity index (χ3n) is 3.95. The maximum absolute atomic E-state index is 13.5. The van der Waals surface area contributed by atoms with Gasteiger partial charge in [-0.05, 0) is 42.9 Å². The Bertz CT molecular complexity index is 449. The largest absolute Gasteiger partial charge is 0.387 e. The molecule has 0 bridgehead atoms. The number of methoxy groups -OCH3 is 1. The van der Waals surface area contributed by atoms with Crippen LogP contribution in [-0.4, -0.2) is 31.9 Å². The van der Waals surface area contributed by atoms with E-state index in [0.717, 1.165) is 50.6 Å². The van der Waals surface area contributed by atoms with Gasteiger partial charge in [-0.25, -0.2) is 8.78 Å². The molecule has 1 atom stereocenters. The molecule has 1 saturated carbocycles. The highest BCUT2D eigenvalue weighted by Gasteiger charge is 2.41. The Hall–Kier alpha value is -1.04. The zero-order valence-corrected chi connectivity index (χ0v) is 11.7. The highest BCUT2D eigenvalue weighted by atomic mass is 19.1. The Morgan fingerprint density at radius 3 is 2.80 bits per heavy atom. The van der Waals surface area contributed by atoms with Crippen molar-refractivity contribution < 1.29 is 18.6 Å². The van der Waals surface area contributed by atoms with Crippen LogP contribution in [-0.2, 0) is 4.74 Å². The number of halogens is 2. The zero-order chi connectivity index (χ0) is 14.6. The third-order valence-corrected chi connectivity index (χ3v) is 3.95. The number of rotatable bonds is 8. The molecule has 0 amide bonds. The van der Waals surface area contributed by atoms with Gasteiger partial charge in [0, 0.05) is 32.4 Å². The number of hydrogen-bond acceptors (Lipinski definition) is 3. The van der Waals surface area contributed by atoms with Crippen molar-refractivity contribution in [2.75, 3.05) is 26.8 Å². The van der Waals surface area contributed by atoms with Crippen LogP contribution < -0.4 is 5.32 Å². The summed E-state index contributed by atoms with van der Waals surface area (Å²) < 4.78 is 31.6. The number of aliphatic hydroxyl groups excluding tert-OH is 1. The van der Waals surface area contributed by atoms with E-state index in [1.807, 2.05) is 0 Å². The van der Waals surface area contributed by atoms with E-state index in [4.69, 9.17) is 4.74 Å². The van der Waals surface area contributed by atoms with Crippen LogP contribution in [0.1, 0.15) is 30.9 Å². The monoisotopic (exact) mass is 285 g/mol. The van der Waals surface area contributed by atoms with Gasteiger partial charge in [0.15, 0.2) is 0 Å². The molecule has 1 aliphatic rings. The van der Waals surface area contributed by atoms with Gasteiger partial charge >= 0.3 is 0 Å². The first kappa shape index (κ1) is 15.4. The summed E-state index contributed by atoms with van der Waals surface area (Å²) in [4.78, 5) is 0. The topological polar surface area (TPSA) is 41.5 Å². The first-order valence-corrected chi connectivity index (χ1v) is 6.89. The minimum Gasteiger partial charge on any atom is -0.387 e. The molecule has 0 saturated heterocycles. The molecular formula is C15H21F2NO2. The summed E-state index contributed by atoms with van der Waals surface area (Å²) in [6, 6.07) is 3.12. The van der Waals surface area contributed by atoms with Gasteiger partial charge in [0.05, 0.1) is 6.10 Å². The van der Waals surface area contributed by atoms with Crippen molar-refractivity contribution in [1.29, 1.82) is 0 Å². The Morgan fingerprint density at radius 2 is 2.15 bits per heavy atom. The molecular weight excluding hydrogens is 264 g/mol. The maximum atomic E-state index is 13.5. The zero-order valence-electron chi connectivity index (χ0n) is 11.7. The van der Waals surface area contributed by atoms with Crippen molar-refractivity contribution >= 4 is 0 Å². The molecule has 1 aromatic rings. The van der Waals surface area contributed by atoms with Crippen molar-refractivity contribution in [2.24, 2.45) is 5.41 Å². The van der Waals surface area contributed by atoms with Crippen LogP contribution in [0.3, 0.4) is 0 Å². The Kier molecular flexibility index (Phi) is 5.07. The SMILES string of the molecule is COCCC1(CNCC(O)c2cc(F)ccc2F)CC1. The predicted octanol–water partition coefficient (Wildman–Crippen LogP) is 2.40. The van der Waals surface area contributed by atoms with E-state index in [-0.39, 0.29) is 17.5 Å². The minimum atomic E-state index is -1.04. The maximum Gasteiger partial charge on any atom is 0.129 e. The second-order valence-electron chi connectivity index (χ2n) is 5.56. The molecule has 2 N–H and O–H groups in total. The van der Waals surface area contributed by atoms with Crippen molar-refractivity contribution in [3.05, 3.63) is 35.4 Å². The molecule has 0 aliphatic heterocycles. The summed E-state index contributed by atoms with van der Waals surface area (Å²) in [6.45, 7) is 1.71. The molecule has 1 unspecified atom stereocenters. The number of hydrogen-bond donors (Lipinski definition) is 2. The Morgan fingerprint density at radius 1 is 1.40 bits per heavy atom. The van der Waals surface area contributed by atoms with Crippen LogP contribution in [0.4, 0.5) is 8.78 Å². The molecule has 2 rings (SSSR count). The lowest BCUT2D eigenvalue weighted by Gasteiger charge is -2.18. The third kappa shape index (κ3) is 3.98. The van der Waals surface area contributed by atoms with E-state index in [1.165, 1.54) is 0 Å². The summed E-state index contributed by atoms with van der Waals surface area (Å²) in [6.07, 6.45) is 2.24. The molecule has 1 aromatic carbocycles. The van der Waals surface area contributed by atoms with E-state index in [2.05, 4.69) is 5.32 Å². The average molecular weight is 285 g/mol. The fraction of sp³-hybridized carbons (Fsp3) is 0.600. The summed E-state index contributed by atoms with van der Waals surface area (Å²) >= 11 is 0. The average Bonchev–Trinajstić information content (AvgIpc) is 3.19. The van der Waals surface area contributed by atoms with Gasteiger partial charge in [0.25, 0.3) is 0 Å². The van der Waals surface area contributed by atoms with Crippen LogP contribution in [0.5, 0.6) is 0 Å². The smallest absolute Gasteiger partial charge is 0.129 e. The Labute approximate surface area is 117 Å². The van der Waals surface area contributed by atoms with Crippen molar-refractivity contribution in [1.82, 2.24) is 5.32 Å². The second-order valence-corrected chi connectivity index (χ2v) is 5.56. The van der Waals surface area contributed by atoms with Gasteiger partial charge < -0.3 is 15.2 Å². The van der Waals surface area contributed by atoms with E-state index >= 15 is 0 Å². The van der Waals surface area contributed by atoms with E-state index in [1.54, 1.807) is 7.11 Å². The lowest BCUT2D eigenvalue weighted by molar-refractivity contribution is 0.156. The van der Waals surface area contributed by atoms with E-state index in [0.29, 0.717) is 0 Å². The Balaban J connectivity index is 1.80. The summed E-state index contributed by atoms with van der Waals surface area (Å²) in [5, 5.41) is 13.1. The predicted molar refractivity (Wildman–Crippen MR) is 72.3 cm³/mol. The normalized spacial score (nSPS) is 18.0. The number of benzene rings is 1. The molecule has 1 fully saturated rings. The summed E-state index contributed by atoms with van der Waals surface area (Å²) in [5.41, 5.74) is 0.259. The van der Waals surface area contributed by atoms with Crippen LogP contribution in [0.25, 0.3) is 0 Å². The molecule has 1 aliphatic carbocycles. The summed E-state index contributed by atoms with van der Waals surface area (Å²) in [7, 11) is 1.68. The number of ether oxygens (including phenoxy) is 1. The van der Waals surface area contributed by atoms with Gasteiger partial charge in [-0.1, -0.05) is 0 Å². The number of aliphatic hydroxyl groups is 1. The fourth-order valence-corrected chi connectivity index (χ4v) is 2.36. The molecule has 112 valence electrons. The van der Waals surface area contributed by atoms with Gasteiger partial charge in [0.2, 0.25) is 0 Å². The van der Waals surface area contributed by atoms with Crippen molar-refractivity contribution in [3.63, 3.8) is 0 Å². The van der Waals surface area contributed by atoms with Gasteiger partial charge in [-0.2, -0.15) is 0 Å². The van der Waals surface area contributed by atoms with Crippen molar-refractivity contribution in [2.45, 2.75) is 25.4 Å². The fourth-order valence-electron chi connectivity index (χ4n) is 2.36. The van der Waals surface area contributed by atoms with Gasteiger partial charge in [-0.15, -0.1) is 0 Å². The van der Waals surface area contributed by atoms with Crippen LogP contribution in [0.15, 0.2) is 18.2 Å². The molecule has 0 radical (unpaired) electrons. The van der Waals surface area contributed by atoms with Gasteiger partial charge in [-0.3, -0.25) is 0 Å². The number of nitrogens with one attached hydrogen (secondary N) is 1. The first-order valence-electron chi connectivity index (χ1n) is 6.89. The van der Waals surface area contributed by atoms with Crippen LogP contribution >= 0.6 is 0 Å².